The highest BCUT2D eigenvalue weighted by Gasteiger charge is 2.21. The van der Waals surface area contributed by atoms with Crippen molar-refractivity contribution in [1.29, 1.82) is 0 Å². The van der Waals surface area contributed by atoms with Crippen molar-refractivity contribution in [1.82, 2.24) is 19.9 Å². The molecule has 0 atom stereocenters. The molecule has 4 heterocycles. The molecule has 0 aliphatic rings. The van der Waals surface area contributed by atoms with Crippen molar-refractivity contribution in [3.8, 4) is 122 Å². The molecule has 6 heteroatoms. The molecule has 0 saturated carbocycles. The Morgan fingerprint density at radius 2 is 0.590 bits per heavy atom. The molecule has 0 aliphatic carbocycles. The molecule has 0 spiro atoms. The number of nitrogens with zero attached hydrogens (tertiary/aromatic N) is 4. The molecule has 14 aromatic rings. The first-order chi connectivity index (χ1) is 38.6. The van der Waals surface area contributed by atoms with E-state index in [2.05, 4.69) is 279 Å². The van der Waals surface area contributed by atoms with Crippen molar-refractivity contribution in [2.45, 2.75) is 0 Å². The second kappa shape index (κ2) is 20.4. The first-order valence-electron chi connectivity index (χ1n) is 26.1. The van der Waals surface area contributed by atoms with Gasteiger partial charge in [0.1, 0.15) is 0 Å². The molecule has 0 aliphatic heterocycles. The third-order valence-corrected chi connectivity index (χ3v) is 16.7. The van der Waals surface area contributed by atoms with Gasteiger partial charge < -0.3 is 0 Å². The second-order valence-electron chi connectivity index (χ2n) is 19.3. The van der Waals surface area contributed by atoms with Gasteiger partial charge in [-0.3, -0.25) is 0 Å². The SMILES string of the molecule is c1ccc(-c2cc(-c3cc(-c4cc5ccccc5s4)nc(-c4ccccc4-c4ccccc4)n3)ccc2-c2ccc3cc(-c4cc(-c5ccccc5-c5ccccc5)nc(-c5ccccc5-c5ccccc5)n4)sc3c2)cc1. The van der Waals surface area contributed by atoms with Gasteiger partial charge in [-0.1, -0.05) is 237 Å². The van der Waals surface area contributed by atoms with Crippen LogP contribution in [0.4, 0.5) is 0 Å². The minimum absolute atomic E-state index is 0.683. The molecule has 0 fully saturated rings. The van der Waals surface area contributed by atoms with Crippen molar-refractivity contribution in [2.75, 3.05) is 0 Å². The van der Waals surface area contributed by atoms with Crippen LogP contribution in [0.5, 0.6) is 0 Å². The summed E-state index contributed by atoms with van der Waals surface area (Å²) in [5.41, 5.74) is 18.7. The summed E-state index contributed by atoms with van der Waals surface area (Å²) in [7, 11) is 0. The zero-order valence-corrected chi connectivity index (χ0v) is 43.8. The zero-order chi connectivity index (χ0) is 51.8. The number of benzene rings is 10. The fourth-order valence-electron chi connectivity index (χ4n) is 10.6. The fourth-order valence-corrected chi connectivity index (χ4v) is 12.7. The topological polar surface area (TPSA) is 51.6 Å². The largest absolute Gasteiger partial charge is 0.228 e. The second-order valence-corrected chi connectivity index (χ2v) is 21.5. The number of fused-ring (bicyclic) bond motifs is 2. The number of rotatable bonds is 11. The van der Waals surface area contributed by atoms with Gasteiger partial charge in [-0.2, -0.15) is 0 Å². The Hall–Kier alpha value is -9.72. The van der Waals surface area contributed by atoms with Crippen LogP contribution in [0.1, 0.15) is 0 Å². The lowest BCUT2D eigenvalue weighted by atomic mass is 9.91. The molecule has 0 unspecified atom stereocenters. The lowest BCUT2D eigenvalue weighted by Gasteiger charge is -2.15. The van der Waals surface area contributed by atoms with Crippen LogP contribution in [-0.2, 0) is 0 Å². The minimum Gasteiger partial charge on any atom is -0.228 e. The van der Waals surface area contributed by atoms with Gasteiger partial charge in [0.2, 0.25) is 0 Å². The van der Waals surface area contributed by atoms with Crippen LogP contribution in [0, 0.1) is 0 Å². The lowest BCUT2D eigenvalue weighted by molar-refractivity contribution is 1.19. The van der Waals surface area contributed by atoms with Crippen LogP contribution < -0.4 is 0 Å². The highest BCUT2D eigenvalue weighted by Crippen LogP contribution is 2.44. The summed E-state index contributed by atoms with van der Waals surface area (Å²) in [5.74, 6) is 1.37. The van der Waals surface area contributed by atoms with Crippen molar-refractivity contribution < 1.29 is 0 Å². The highest BCUT2D eigenvalue weighted by atomic mass is 32.1. The number of hydrogen-bond donors (Lipinski definition) is 0. The Morgan fingerprint density at radius 3 is 1.14 bits per heavy atom. The Bertz CT molecular complexity index is 4360. The van der Waals surface area contributed by atoms with Crippen molar-refractivity contribution >= 4 is 42.8 Å². The van der Waals surface area contributed by atoms with E-state index < -0.39 is 0 Å². The van der Waals surface area contributed by atoms with Crippen molar-refractivity contribution in [3.05, 3.63) is 279 Å². The van der Waals surface area contributed by atoms with Crippen LogP contribution in [0.15, 0.2) is 279 Å². The summed E-state index contributed by atoms with van der Waals surface area (Å²) in [6.07, 6.45) is 0. The van der Waals surface area contributed by atoms with Gasteiger partial charge in [0.25, 0.3) is 0 Å². The third-order valence-electron chi connectivity index (χ3n) is 14.4. The van der Waals surface area contributed by atoms with Crippen molar-refractivity contribution in [2.24, 2.45) is 0 Å². The normalized spacial score (nSPS) is 11.3. The highest BCUT2D eigenvalue weighted by molar-refractivity contribution is 7.22. The molecule has 0 bridgehead atoms. The van der Waals surface area contributed by atoms with Crippen molar-refractivity contribution in [3.63, 3.8) is 0 Å². The van der Waals surface area contributed by atoms with Gasteiger partial charge in [0, 0.05) is 31.7 Å². The van der Waals surface area contributed by atoms with E-state index in [0.717, 1.165) is 116 Å². The van der Waals surface area contributed by atoms with E-state index in [1.807, 2.05) is 0 Å². The molecule has 4 aromatic heterocycles. The van der Waals surface area contributed by atoms with E-state index in [4.69, 9.17) is 19.9 Å². The molecule has 4 nitrogen and oxygen atoms in total. The Kier molecular flexibility index (Phi) is 12.3. The van der Waals surface area contributed by atoms with Crippen LogP contribution in [0.25, 0.3) is 142 Å². The first kappa shape index (κ1) is 46.8. The molecule has 0 radical (unpaired) electrons. The van der Waals surface area contributed by atoms with Crippen LogP contribution >= 0.6 is 22.7 Å². The lowest BCUT2D eigenvalue weighted by Crippen LogP contribution is -1.97. The molecule has 78 heavy (non-hydrogen) atoms. The molecular weight excluding hydrogens is 985 g/mol. The maximum absolute atomic E-state index is 5.43. The molecule has 366 valence electrons. The Balaban J connectivity index is 0.897. The maximum Gasteiger partial charge on any atom is 0.161 e. The van der Waals surface area contributed by atoms with Gasteiger partial charge in [0.05, 0.1) is 32.5 Å². The smallest absolute Gasteiger partial charge is 0.161 e. The average molecular weight is 1030 g/mol. The van der Waals surface area contributed by atoms with Crippen LogP contribution in [-0.4, -0.2) is 19.9 Å². The molecule has 0 amide bonds. The number of thiophene rings is 2. The van der Waals surface area contributed by atoms with Gasteiger partial charge >= 0.3 is 0 Å². The monoisotopic (exact) mass is 1030 g/mol. The van der Waals surface area contributed by atoms with Gasteiger partial charge in [-0.05, 0) is 109 Å². The van der Waals surface area contributed by atoms with Crippen LogP contribution in [0.3, 0.4) is 0 Å². The zero-order valence-electron chi connectivity index (χ0n) is 42.2. The predicted octanol–water partition coefficient (Wildman–Crippen LogP) is 20.0. The first-order valence-corrected chi connectivity index (χ1v) is 27.7. The molecular formula is C72H46N4S2. The molecule has 0 N–H and O–H groups in total. The van der Waals surface area contributed by atoms with Gasteiger partial charge in [-0.25, -0.2) is 19.9 Å². The number of hydrogen-bond acceptors (Lipinski definition) is 6. The van der Waals surface area contributed by atoms with E-state index in [9.17, 15) is 0 Å². The molecule has 14 rings (SSSR count). The van der Waals surface area contributed by atoms with E-state index in [0.29, 0.717) is 11.6 Å². The maximum atomic E-state index is 5.43. The van der Waals surface area contributed by atoms with E-state index in [1.165, 1.54) is 14.8 Å². The summed E-state index contributed by atoms with van der Waals surface area (Å²) < 4.78 is 2.40. The van der Waals surface area contributed by atoms with E-state index in [-0.39, 0.29) is 0 Å². The summed E-state index contributed by atoms with van der Waals surface area (Å²) in [4.78, 5) is 23.8. The van der Waals surface area contributed by atoms with Crippen LogP contribution in [0.2, 0.25) is 0 Å². The van der Waals surface area contributed by atoms with E-state index >= 15 is 0 Å². The Labute approximate surface area is 461 Å². The summed E-state index contributed by atoms with van der Waals surface area (Å²) in [6.45, 7) is 0. The summed E-state index contributed by atoms with van der Waals surface area (Å²) in [6, 6.07) is 98.8. The minimum atomic E-state index is 0.683. The van der Waals surface area contributed by atoms with Gasteiger partial charge in [-0.15, -0.1) is 22.7 Å². The predicted molar refractivity (Wildman–Crippen MR) is 328 cm³/mol. The quantitative estimate of drug-likeness (QED) is 0.130. The van der Waals surface area contributed by atoms with E-state index in [1.54, 1.807) is 22.7 Å². The summed E-state index contributed by atoms with van der Waals surface area (Å²) >= 11 is 3.52. The van der Waals surface area contributed by atoms with Gasteiger partial charge in [0.15, 0.2) is 11.6 Å². The Morgan fingerprint density at radius 1 is 0.205 bits per heavy atom. The molecule has 10 aromatic carbocycles. The number of aromatic nitrogens is 4. The summed E-state index contributed by atoms with van der Waals surface area (Å²) in [5, 5.41) is 2.36. The fraction of sp³-hybridized carbons (Fsp3) is 0. The average Bonchev–Trinajstić information content (AvgIpc) is 4.18. The standard InChI is InChI=1S/C72H46N4S2/c1-5-21-47(22-6-1)55-30-14-17-33-59(55)64-46-66(76-72(74-64)61-35-19-16-32-57(61)49-25-9-3-10-26-49)70-44-54-38-37-51(42-68(54)78-70)58-40-39-52(41-62(58)50-27-11-4-12-28-50)63-45-65(69-43-53-29-13-20-36-67(53)77-69)75-71(73-63)60-34-18-15-31-56(60)48-23-7-2-8-24-48/h1-46H. The third kappa shape index (κ3) is 9.09. The molecule has 0 saturated heterocycles.